The normalized spacial score (nSPS) is 17.4. The van der Waals surface area contributed by atoms with E-state index in [9.17, 15) is 4.79 Å². The van der Waals surface area contributed by atoms with Crippen LogP contribution >= 0.6 is 0 Å². The molecule has 0 atom stereocenters. The molecule has 1 saturated heterocycles. The summed E-state index contributed by atoms with van der Waals surface area (Å²) in [5.74, 6) is 2.00. The van der Waals surface area contributed by atoms with Gasteiger partial charge in [0.2, 0.25) is 12.7 Å². The van der Waals surface area contributed by atoms with Gasteiger partial charge in [-0.05, 0) is 36.2 Å². The average Bonchev–Trinajstić information content (AvgIpc) is 3.53. The Kier molecular flexibility index (Phi) is 4.64. The first-order valence-corrected chi connectivity index (χ1v) is 10.7. The minimum Gasteiger partial charge on any atom is -0.454 e. The van der Waals surface area contributed by atoms with E-state index in [0.29, 0.717) is 55.1 Å². The zero-order valence-electron chi connectivity index (χ0n) is 17.4. The Morgan fingerprint density at radius 2 is 1.94 bits per heavy atom. The molecule has 10 heteroatoms. The van der Waals surface area contributed by atoms with Crippen LogP contribution in [0.5, 0.6) is 11.5 Å². The van der Waals surface area contributed by atoms with Crippen molar-refractivity contribution in [2.24, 2.45) is 0 Å². The SMILES string of the molecule is O=C(c1cc(-c2ccc3c(c2)OCO3)n[nH]1)N1CCc2cnc(N3CCOCC3)nc2C1. The molecule has 3 aromatic rings. The highest BCUT2D eigenvalue weighted by Gasteiger charge is 2.26. The Morgan fingerprint density at radius 1 is 1.06 bits per heavy atom. The van der Waals surface area contributed by atoms with Crippen LogP contribution in [0, 0.1) is 0 Å². The van der Waals surface area contributed by atoms with Crippen LogP contribution in [0.25, 0.3) is 11.3 Å². The molecule has 0 radical (unpaired) electrons. The first-order valence-electron chi connectivity index (χ1n) is 10.7. The molecule has 0 unspecified atom stereocenters. The number of ether oxygens (including phenoxy) is 3. The monoisotopic (exact) mass is 434 g/mol. The number of amides is 1. The summed E-state index contributed by atoms with van der Waals surface area (Å²) in [7, 11) is 0. The van der Waals surface area contributed by atoms with Crippen molar-refractivity contribution in [1.29, 1.82) is 0 Å². The highest BCUT2D eigenvalue weighted by Crippen LogP contribution is 2.35. The largest absolute Gasteiger partial charge is 0.454 e. The van der Waals surface area contributed by atoms with Crippen LogP contribution in [0.4, 0.5) is 5.95 Å². The van der Waals surface area contributed by atoms with E-state index < -0.39 is 0 Å². The first kappa shape index (κ1) is 19.1. The van der Waals surface area contributed by atoms with Crippen molar-refractivity contribution < 1.29 is 19.0 Å². The molecule has 0 aliphatic carbocycles. The second kappa shape index (κ2) is 7.79. The number of carbonyl (C=O) groups excluding carboxylic acids is 1. The molecule has 2 aromatic heterocycles. The Balaban J connectivity index is 1.20. The minimum absolute atomic E-state index is 0.0957. The van der Waals surface area contributed by atoms with E-state index in [1.165, 1.54) is 0 Å². The van der Waals surface area contributed by atoms with Crippen LogP contribution in [0.15, 0.2) is 30.5 Å². The van der Waals surface area contributed by atoms with E-state index in [2.05, 4.69) is 20.1 Å². The second-order valence-corrected chi connectivity index (χ2v) is 7.95. The molecule has 32 heavy (non-hydrogen) atoms. The Hall–Kier alpha value is -3.66. The summed E-state index contributed by atoms with van der Waals surface area (Å²) in [6.07, 6.45) is 2.62. The zero-order valence-corrected chi connectivity index (χ0v) is 17.4. The van der Waals surface area contributed by atoms with Gasteiger partial charge < -0.3 is 24.0 Å². The molecule has 3 aliphatic rings. The lowest BCUT2D eigenvalue weighted by Gasteiger charge is -2.30. The number of nitrogens with zero attached hydrogens (tertiary/aromatic N) is 5. The molecule has 5 heterocycles. The van der Waals surface area contributed by atoms with Gasteiger partial charge >= 0.3 is 0 Å². The third-order valence-corrected chi connectivity index (χ3v) is 5.99. The maximum atomic E-state index is 13.2. The van der Waals surface area contributed by atoms with E-state index in [0.717, 1.165) is 36.3 Å². The highest BCUT2D eigenvalue weighted by atomic mass is 16.7. The lowest BCUT2D eigenvalue weighted by molar-refractivity contribution is 0.0725. The van der Waals surface area contributed by atoms with Gasteiger partial charge in [-0.3, -0.25) is 9.89 Å². The van der Waals surface area contributed by atoms with Crippen molar-refractivity contribution in [3.05, 3.63) is 47.4 Å². The van der Waals surface area contributed by atoms with Gasteiger partial charge in [-0.2, -0.15) is 5.10 Å². The van der Waals surface area contributed by atoms with Gasteiger partial charge in [-0.25, -0.2) is 9.97 Å². The van der Waals surface area contributed by atoms with E-state index in [1.807, 2.05) is 24.4 Å². The summed E-state index contributed by atoms with van der Waals surface area (Å²) in [6, 6.07) is 7.39. The molecule has 0 spiro atoms. The number of hydrogen-bond acceptors (Lipinski definition) is 8. The molecule has 1 amide bonds. The van der Waals surface area contributed by atoms with Gasteiger partial charge in [-0.15, -0.1) is 0 Å². The molecule has 10 nitrogen and oxygen atoms in total. The fourth-order valence-corrected chi connectivity index (χ4v) is 4.19. The van der Waals surface area contributed by atoms with E-state index in [-0.39, 0.29) is 12.7 Å². The number of anilines is 1. The number of aromatic amines is 1. The van der Waals surface area contributed by atoms with Gasteiger partial charge in [0.15, 0.2) is 11.5 Å². The zero-order chi connectivity index (χ0) is 21.5. The van der Waals surface area contributed by atoms with Gasteiger partial charge in [-0.1, -0.05) is 0 Å². The third kappa shape index (κ3) is 3.42. The van der Waals surface area contributed by atoms with Crippen molar-refractivity contribution in [2.75, 3.05) is 44.5 Å². The summed E-state index contributed by atoms with van der Waals surface area (Å²) in [5.41, 5.74) is 3.98. The lowest BCUT2D eigenvalue weighted by atomic mass is 10.1. The summed E-state index contributed by atoms with van der Waals surface area (Å²) in [5, 5.41) is 7.22. The number of carbonyl (C=O) groups is 1. The fourth-order valence-electron chi connectivity index (χ4n) is 4.19. The molecular weight excluding hydrogens is 412 g/mol. The smallest absolute Gasteiger partial charge is 0.272 e. The molecular formula is C22H22N6O4. The van der Waals surface area contributed by atoms with Crippen LogP contribution < -0.4 is 14.4 Å². The van der Waals surface area contributed by atoms with Gasteiger partial charge in [0, 0.05) is 31.4 Å². The van der Waals surface area contributed by atoms with Crippen molar-refractivity contribution in [3.63, 3.8) is 0 Å². The molecule has 1 N–H and O–H groups in total. The Labute approximate surface area is 184 Å². The lowest BCUT2D eigenvalue weighted by Crippen LogP contribution is -2.39. The van der Waals surface area contributed by atoms with Crippen molar-refractivity contribution >= 4 is 11.9 Å². The highest BCUT2D eigenvalue weighted by molar-refractivity contribution is 5.93. The van der Waals surface area contributed by atoms with Crippen LogP contribution in [-0.4, -0.2) is 70.6 Å². The van der Waals surface area contributed by atoms with E-state index in [4.69, 9.17) is 19.2 Å². The quantitative estimate of drug-likeness (QED) is 0.663. The number of fused-ring (bicyclic) bond motifs is 2. The van der Waals surface area contributed by atoms with E-state index in [1.54, 1.807) is 11.0 Å². The predicted octanol–water partition coefficient (Wildman–Crippen LogP) is 1.63. The van der Waals surface area contributed by atoms with E-state index >= 15 is 0 Å². The second-order valence-electron chi connectivity index (χ2n) is 7.95. The number of aromatic nitrogens is 4. The number of rotatable bonds is 3. The number of morpholine rings is 1. The number of hydrogen-bond donors (Lipinski definition) is 1. The molecule has 6 rings (SSSR count). The van der Waals surface area contributed by atoms with Crippen molar-refractivity contribution in [2.45, 2.75) is 13.0 Å². The van der Waals surface area contributed by atoms with Crippen LogP contribution in [0.1, 0.15) is 21.7 Å². The predicted molar refractivity (Wildman–Crippen MR) is 114 cm³/mol. The Bertz CT molecular complexity index is 1170. The van der Waals surface area contributed by atoms with Crippen molar-refractivity contribution in [1.82, 2.24) is 25.1 Å². The number of nitrogens with one attached hydrogen (secondary N) is 1. The van der Waals surface area contributed by atoms with Crippen LogP contribution in [0.3, 0.4) is 0 Å². The minimum atomic E-state index is -0.0957. The summed E-state index contributed by atoms with van der Waals surface area (Å²) in [6.45, 7) is 4.19. The van der Waals surface area contributed by atoms with Gasteiger partial charge in [0.1, 0.15) is 5.69 Å². The summed E-state index contributed by atoms with van der Waals surface area (Å²) >= 11 is 0. The maximum Gasteiger partial charge on any atom is 0.272 e. The average molecular weight is 434 g/mol. The molecule has 1 aromatic carbocycles. The van der Waals surface area contributed by atoms with Gasteiger partial charge in [0.25, 0.3) is 5.91 Å². The standard InChI is InChI=1S/C22H22N6O4/c29-21(17-10-16(25-26-17)14-1-2-19-20(9-14)32-13-31-19)28-4-3-15-11-23-22(24-18(15)12-28)27-5-7-30-8-6-27/h1-2,9-11H,3-8,12-13H2,(H,25,26). The topological polar surface area (TPSA) is 106 Å². The summed E-state index contributed by atoms with van der Waals surface area (Å²) < 4.78 is 16.2. The molecule has 3 aliphatic heterocycles. The Morgan fingerprint density at radius 3 is 2.84 bits per heavy atom. The number of H-pyrrole nitrogens is 1. The maximum absolute atomic E-state index is 13.2. The van der Waals surface area contributed by atoms with Crippen LogP contribution in [-0.2, 0) is 17.7 Å². The van der Waals surface area contributed by atoms with Crippen molar-refractivity contribution in [3.8, 4) is 22.8 Å². The fraction of sp³-hybridized carbons (Fsp3) is 0.364. The molecule has 0 saturated carbocycles. The summed E-state index contributed by atoms with van der Waals surface area (Å²) in [4.78, 5) is 26.4. The first-order chi connectivity index (χ1) is 15.7. The molecule has 1 fully saturated rings. The number of benzene rings is 1. The van der Waals surface area contributed by atoms with Crippen LogP contribution in [0.2, 0.25) is 0 Å². The third-order valence-electron chi connectivity index (χ3n) is 5.99. The van der Waals surface area contributed by atoms with Gasteiger partial charge in [0.05, 0.1) is 31.1 Å². The molecule has 0 bridgehead atoms. The molecule has 164 valence electrons.